The number of aliphatic carboxylic acids is 1. The van der Waals surface area contributed by atoms with Crippen molar-refractivity contribution in [3.63, 3.8) is 0 Å². The predicted molar refractivity (Wildman–Crippen MR) is 55.7 cm³/mol. The van der Waals surface area contributed by atoms with Crippen LogP contribution in [-0.2, 0) is 4.79 Å². The molecular weight excluding hydrogens is 196 g/mol. The zero-order chi connectivity index (χ0) is 11.4. The summed E-state index contributed by atoms with van der Waals surface area (Å²) < 4.78 is 0. The highest BCUT2D eigenvalue weighted by atomic mass is 16.4. The molecule has 1 rings (SSSR count). The summed E-state index contributed by atoms with van der Waals surface area (Å²) in [6, 6.07) is -0.793. The van der Waals surface area contributed by atoms with E-state index in [4.69, 9.17) is 5.11 Å². The number of urea groups is 1. The second kappa shape index (κ2) is 5.00. The van der Waals surface area contributed by atoms with E-state index in [9.17, 15) is 9.59 Å². The molecule has 0 bridgehead atoms. The van der Waals surface area contributed by atoms with E-state index in [0.717, 1.165) is 12.8 Å². The summed E-state index contributed by atoms with van der Waals surface area (Å²) >= 11 is 0. The van der Waals surface area contributed by atoms with Crippen LogP contribution in [0.3, 0.4) is 0 Å². The van der Waals surface area contributed by atoms with E-state index in [1.165, 1.54) is 4.90 Å². The third-order valence-corrected chi connectivity index (χ3v) is 2.67. The quantitative estimate of drug-likeness (QED) is 0.762. The monoisotopic (exact) mass is 214 g/mol. The molecule has 0 spiro atoms. The van der Waals surface area contributed by atoms with E-state index in [-0.39, 0.29) is 6.03 Å². The Labute approximate surface area is 89.7 Å². The van der Waals surface area contributed by atoms with Gasteiger partial charge in [0.2, 0.25) is 0 Å². The topological polar surface area (TPSA) is 60.9 Å². The molecule has 1 fully saturated rings. The van der Waals surface area contributed by atoms with Crippen LogP contribution < -0.4 is 0 Å². The van der Waals surface area contributed by atoms with Gasteiger partial charge in [-0.2, -0.15) is 0 Å². The largest absolute Gasteiger partial charge is 0.480 e. The highest BCUT2D eigenvalue weighted by Crippen LogP contribution is 2.18. The molecule has 86 valence electrons. The van der Waals surface area contributed by atoms with Crippen molar-refractivity contribution in [3.05, 3.63) is 0 Å². The zero-order valence-corrected chi connectivity index (χ0v) is 9.27. The van der Waals surface area contributed by atoms with Gasteiger partial charge < -0.3 is 14.9 Å². The molecule has 5 nitrogen and oxygen atoms in total. The van der Waals surface area contributed by atoms with Crippen LogP contribution >= 0.6 is 0 Å². The number of carboxylic acid groups (broad SMARTS) is 1. The summed E-state index contributed by atoms with van der Waals surface area (Å²) in [5.41, 5.74) is 0. The number of hydrogen-bond acceptors (Lipinski definition) is 2. The van der Waals surface area contributed by atoms with E-state index in [2.05, 4.69) is 0 Å². The Bertz CT molecular complexity index is 255. The van der Waals surface area contributed by atoms with Crippen molar-refractivity contribution in [2.24, 2.45) is 0 Å². The van der Waals surface area contributed by atoms with Gasteiger partial charge in [0.15, 0.2) is 0 Å². The minimum Gasteiger partial charge on any atom is -0.480 e. The molecule has 1 atom stereocenters. The standard InChI is InChI=1S/C10H18N2O3/c1-3-6-11(2)10(15)12-7-4-5-8(12)9(13)14/h8H,3-7H2,1-2H3,(H,13,14)/t8-/m0/s1. The van der Waals surface area contributed by atoms with E-state index in [1.54, 1.807) is 11.9 Å². The Balaban J connectivity index is 2.62. The lowest BCUT2D eigenvalue weighted by Gasteiger charge is -2.27. The molecule has 0 radical (unpaired) electrons. The van der Waals surface area contributed by atoms with Crippen LogP contribution in [0.5, 0.6) is 0 Å². The fourth-order valence-corrected chi connectivity index (χ4v) is 1.90. The van der Waals surface area contributed by atoms with Crippen molar-refractivity contribution in [2.75, 3.05) is 20.1 Å². The predicted octanol–water partition coefficient (Wildman–Crippen LogP) is 0.997. The summed E-state index contributed by atoms with van der Waals surface area (Å²) in [4.78, 5) is 25.8. The Morgan fingerprint density at radius 1 is 1.53 bits per heavy atom. The lowest BCUT2D eigenvalue weighted by atomic mass is 10.2. The van der Waals surface area contributed by atoms with Gasteiger partial charge >= 0.3 is 12.0 Å². The fourth-order valence-electron chi connectivity index (χ4n) is 1.90. The molecule has 0 aromatic heterocycles. The van der Waals surface area contributed by atoms with Crippen molar-refractivity contribution in [1.29, 1.82) is 0 Å². The smallest absolute Gasteiger partial charge is 0.326 e. The maximum absolute atomic E-state index is 11.8. The SMILES string of the molecule is CCCN(C)C(=O)N1CCC[C@H]1C(=O)O. The highest BCUT2D eigenvalue weighted by Gasteiger charge is 2.35. The molecule has 1 aliphatic heterocycles. The normalized spacial score (nSPS) is 20.4. The fraction of sp³-hybridized carbons (Fsp3) is 0.800. The van der Waals surface area contributed by atoms with Crippen LogP contribution in [0, 0.1) is 0 Å². The lowest BCUT2D eigenvalue weighted by molar-refractivity contribution is -0.141. The van der Waals surface area contributed by atoms with E-state index in [0.29, 0.717) is 19.5 Å². The average molecular weight is 214 g/mol. The van der Waals surface area contributed by atoms with Gasteiger partial charge in [-0.25, -0.2) is 9.59 Å². The van der Waals surface area contributed by atoms with Crippen molar-refractivity contribution in [1.82, 2.24) is 9.80 Å². The number of amides is 2. The second-order valence-corrected chi connectivity index (χ2v) is 3.89. The summed E-state index contributed by atoms with van der Waals surface area (Å²) in [6.07, 6.45) is 2.23. The first-order valence-corrected chi connectivity index (χ1v) is 5.32. The molecular formula is C10H18N2O3. The first-order chi connectivity index (χ1) is 7.07. The molecule has 1 saturated heterocycles. The Kier molecular flexibility index (Phi) is 3.94. The molecule has 0 saturated carbocycles. The molecule has 0 aliphatic carbocycles. The Morgan fingerprint density at radius 2 is 2.20 bits per heavy atom. The first kappa shape index (κ1) is 11.8. The van der Waals surface area contributed by atoms with Gasteiger partial charge in [-0.05, 0) is 19.3 Å². The summed E-state index contributed by atoms with van der Waals surface area (Å²) in [5, 5.41) is 8.93. The summed E-state index contributed by atoms with van der Waals surface area (Å²) in [5.74, 6) is -0.897. The number of carboxylic acids is 1. The van der Waals surface area contributed by atoms with Gasteiger partial charge in [-0.1, -0.05) is 6.92 Å². The molecule has 5 heteroatoms. The van der Waals surface area contributed by atoms with Crippen molar-refractivity contribution < 1.29 is 14.7 Å². The number of hydrogen-bond donors (Lipinski definition) is 1. The molecule has 0 unspecified atom stereocenters. The second-order valence-electron chi connectivity index (χ2n) is 3.89. The van der Waals surface area contributed by atoms with Gasteiger partial charge in [0, 0.05) is 20.1 Å². The van der Waals surface area contributed by atoms with Gasteiger partial charge in [-0.15, -0.1) is 0 Å². The Hall–Kier alpha value is -1.26. The molecule has 2 amide bonds. The van der Waals surface area contributed by atoms with Crippen molar-refractivity contribution in [3.8, 4) is 0 Å². The van der Waals surface area contributed by atoms with E-state index >= 15 is 0 Å². The molecule has 1 heterocycles. The summed E-state index contributed by atoms with van der Waals surface area (Å²) in [6.45, 7) is 3.22. The van der Waals surface area contributed by atoms with Gasteiger partial charge in [0.1, 0.15) is 6.04 Å². The first-order valence-electron chi connectivity index (χ1n) is 5.32. The number of likely N-dealkylation sites (tertiary alicyclic amines) is 1. The molecule has 1 N–H and O–H groups in total. The van der Waals surface area contributed by atoms with Gasteiger partial charge in [-0.3, -0.25) is 0 Å². The zero-order valence-electron chi connectivity index (χ0n) is 9.27. The third kappa shape index (κ3) is 2.61. The number of rotatable bonds is 3. The minimum absolute atomic E-state index is 0.165. The van der Waals surface area contributed by atoms with Crippen LogP contribution in [-0.4, -0.2) is 53.1 Å². The van der Waals surface area contributed by atoms with Crippen LogP contribution in [0.15, 0.2) is 0 Å². The lowest BCUT2D eigenvalue weighted by Crippen LogP contribution is -2.46. The van der Waals surface area contributed by atoms with Gasteiger partial charge in [0.05, 0.1) is 0 Å². The molecule has 15 heavy (non-hydrogen) atoms. The van der Waals surface area contributed by atoms with Gasteiger partial charge in [0.25, 0.3) is 0 Å². The third-order valence-electron chi connectivity index (χ3n) is 2.67. The van der Waals surface area contributed by atoms with E-state index in [1.807, 2.05) is 6.92 Å². The van der Waals surface area contributed by atoms with Crippen LogP contribution in [0.4, 0.5) is 4.79 Å². The van der Waals surface area contributed by atoms with Crippen LogP contribution in [0.1, 0.15) is 26.2 Å². The van der Waals surface area contributed by atoms with Crippen LogP contribution in [0.25, 0.3) is 0 Å². The number of carbonyl (C=O) groups is 2. The molecule has 1 aliphatic rings. The number of carbonyl (C=O) groups excluding carboxylic acids is 1. The van der Waals surface area contributed by atoms with E-state index < -0.39 is 12.0 Å². The summed E-state index contributed by atoms with van der Waals surface area (Å²) in [7, 11) is 1.71. The average Bonchev–Trinajstić information content (AvgIpc) is 2.65. The maximum Gasteiger partial charge on any atom is 0.326 e. The van der Waals surface area contributed by atoms with Crippen molar-refractivity contribution >= 4 is 12.0 Å². The molecule has 0 aromatic carbocycles. The Morgan fingerprint density at radius 3 is 2.73 bits per heavy atom. The molecule has 0 aromatic rings. The highest BCUT2D eigenvalue weighted by molar-refractivity contribution is 5.83. The number of nitrogens with zero attached hydrogens (tertiary/aromatic N) is 2. The van der Waals surface area contributed by atoms with Crippen molar-refractivity contribution in [2.45, 2.75) is 32.2 Å². The van der Waals surface area contributed by atoms with Crippen LogP contribution in [0.2, 0.25) is 0 Å². The maximum atomic E-state index is 11.8. The minimum atomic E-state index is -0.897.